The zero-order valence-electron chi connectivity index (χ0n) is 16.0. The van der Waals surface area contributed by atoms with E-state index in [1.165, 1.54) is 12.1 Å². The van der Waals surface area contributed by atoms with Crippen molar-refractivity contribution in [2.75, 3.05) is 26.5 Å². The molecule has 3 aromatic rings. The normalized spacial score (nSPS) is 17.2. The number of aromatic nitrogens is 2. The number of fused-ring (bicyclic) bond motifs is 1. The first-order valence-corrected chi connectivity index (χ1v) is 9.26. The van der Waals surface area contributed by atoms with Crippen LogP contribution in [0, 0.1) is 5.82 Å². The summed E-state index contributed by atoms with van der Waals surface area (Å²) in [4.78, 5) is 11.5. The number of ether oxygens (including phenoxy) is 2. The first kappa shape index (κ1) is 18.4. The van der Waals surface area contributed by atoms with Crippen LogP contribution in [0.1, 0.15) is 30.3 Å². The summed E-state index contributed by atoms with van der Waals surface area (Å²) in [5.41, 5.74) is 8.03. The molecule has 0 spiro atoms. The number of hydrogen-bond acceptors (Lipinski definition) is 6. The molecule has 4 rings (SSSR count). The van der Waals surface area contributed by atoms with Gasteiger partial charge in [0.2, 0.25) is 0 Å². The standard InChI is InChI=1S/C21H23FN4O2/c1-27-18-10-15-16(11-19(18)28-2)24-20(25-21(15)23)12-26-9-3-4-17(26)13-5-7-14(22)8-6-13/h5-8,10-11,17H,3-4,9,12H2,1-2H3,(H2,23,24,25). The zero-order chi connectivity index (χ0) is 19.7. The van der Waals surface area contributed by atoms with E-state index in [-0.39, 0.29) is 11.9 Å². The lowest BCUT2D eigenvalue weighted by Gasteiger charge is -2.24. The molecule has 2 aromatic carbocycles. The van der Waals surface area contributed by atoms with Crippen molar-refractivity contribution in [2.45, 2.75) is 25.4 Å². The highest BCUT2D eigenvalue weighted by atomic mass is 19.1. The van der Waals surface area contributed by atoms with Gasteiger partial charge >= 0.3 is 0 Å². The van der Waals surface area contributed by atoms with E-state index < -0.39 is 0 Å². The maximum atomic E-state index is 13.3. The molecule has 146 valence electrons. The molecule has 28 heavy (non-hydrogen) atoms. The smallest absolute Gasteiger partial charge is 0.162 e. The molecule has 1 unspecified atom stereocenters. The number of nitrogens with two attached hydrogens (primary N) is 1. The second-order valence-electron chi connectivity index (χ2n) is 6.93. The molecule has 2 N–H and O–H groups in total. The van der Waals surface area contributed by atoms with Crippen LogP contribution in [0.25, 0.3) is 10.9 Å². The molecule has 0 bridgehead atoms. The second kappa shape index (κ2) is 7.59. The van der Waals surface area contributed by atoms with Gasteiger partial charge in [-0.1, -0.05) is 12.1 Å². The third kappa shape index (κ3) is 3.45. The van der Waals surface area contributed by atoms with Crippen molar-refractivity contribution in [3.05, 3.63) is 53.6 Å². The van der Waals surface area contributed by atoms with Crippen LogP contribution in [0.15, 0.2) is 36.4 Å². The third-order valence-electron chi connectivity index (χ3n) is 5.24. The van der Waals surface area contributed by atoms with Gasteiger partial charge in [-0.05, 0) is 43.1 Å². The first-order valence-electron chi connectivity index (χ1n) is 9.26. The number of rotatable bonds is 5. The van der Waals surface area contributed by atoms with Crippen molar-refractivity contribution in [1.82, 2.24) is 14.9 Å². The first-order chi connectivity index (χ1) is 13.6. The van der Waals surface area contributed by atoms with Crippen LogP contribution in [0.5, 0.6) is 11.5 Å². The Labute approximate surface area is 163 Å². The minimum Gasteiger partial charge on any atom is -0.493 e. The van der Waals surface area contributed by atoms with Crippen LogP contribution in [-0.4, -0.2) is 35.6 Å². The predicted octanol–water partition coefficient (Wildman–Crippen LogP) is 3.71. The fraction of sp³-hybridized carbons (Fsp3) is 0.333. The Morgan fingerprint density at radius 3 is 2.54 bits per heavy atom. The molecule has 0 radical (unpaired) electrons. The fourth-order valence-electron chi connectivity index (χ4n) is 3.86. The topological polar surface area (TPSA) is 73.5 Å². The minimum absolute atomic E-state index is 0.219. The summed E-state index contributed by atoms with van der Waals surface area (Å²) in [5.74, 6) is 2.05. The number of halogens is 1. The number of nitrogens with zero attached hydrogens (tertiary/aromatic N) is 3. The molecule has 1 aromatic heterocycles. The van der Waals surface area contributed by atoms with E-state index in [1.54, 1.807) is 20.3 Å². The van der Waals surface area contributed by atoms with Gasteiger partial charge in [-0.15, -0.1) is 0 Å². The van der Waals surface area contributed by atoms with Gasteiger partial charge in [0, 0.05) is 17.5 Å². The molecule has 0 saturated carbocycles. The summed E-state index contributed by atoms with van der Waals surface area (Å²) in [5, 5.41) is 0.734. The lowest BCUT2D eigenvalue weighted by Crippen LogP contribution is -2.24. The number of hydrogen-bond donors (Lipinski definition) is 1. The van der Waals surface area contributed by atoms with Crippen LogP contribution < -0.4 is 15.2 Å². The van der Waals surface area contributed by atoms with Crippen molar-refractivity contribution in [2.24, 2.45) is 0 Å². The van der Waals surface area contributed by atoms with E-state index in [1.807, 2.05) is 18.2 Å². The summed E-state index contributed by atoms with van der Waals surface area (Å²) in [6, 6.07) is 10.6. The molecular formula is C21H23FN4O2. The largest absolute Gasteiger partial charge is 0.493 e. The van der Waals surface area contributed by atoms with Crippen LogP contribution in [0.4, 0.5) is 10.2 Å². The van der Waals surface area contributed by atoms with E-state index in [0.717, 1.165) is 35.9 Å². The summed E-state index contributed by atoms with van der Waals surface area (Å²) >= 11 is 0. The number of likely N-dealkylation sites (tertiary alicyclic amines) is 1. The highest BCUT2D eigenvalue weighted by Crippen LogP contribution is 2.35. The summed E-state index contributed by atoms with van der Waals surface area (Å²) in [6.45, 7) is 1.52. The Balaban J connectivity index is 1.64. The van der Waals surface area contributed by atoms with Gasteiger partial charge in [0.05, 0.1) is 26.3 Å². The molecule has 7 heteroatoms. The molecule has 1 saturated heterocycles. The average Bonchev–Trinajstić information content (AvgIpc) is 3.15. The molecule has 1 atom stereocenters. The van der Waals surface area contributed by atoms with Gasteiger partial charge in [0.1, 0.15) is 17.5 Å². The van der Waals surface area contributed by atoms with Crippen LogP contribution in [0.3, 0.4) is 0 Å². The average molecular weight is 382 g/mol. The minimum atomic E-state index is -0.219. The Kier molecular flexibility index (Phi) is 5.00. The molecule has 0 amide bonds. The van der Waals surface area contributed by atoms with Crippen LogP contribution in [0.2, 0.25) is 0 Å². The Morgan fingerprint density at radius 1 is 1.11 bits per heavy atom. The highest BCUT2D eigenvalue weighted by Gasteiger charge is 2.27. The SMILES string of the molecule is COc1cc2nc(CN3CCCC3c3ccc(F)cc3)nc(N)c2cc1OC. The van der Waals surface area contributed by atoms with Gasteiger partial charge in [0.25, 0.3) is 0 Å². The van der Waals surface area contributed by atoms with Crippen molar-refractivity contribution in [3.8, 4) is 11.5 Å². The molecular weight excluding hydrogens is 359 g/mol. The van der Waals surface area contributed by atoms with Crippen molar-refractivity contribution < 1.29 is 13.9 Å². The van der Waals surface area contributed by atoms with Crippen LogP contribution >= 0.6 is 0 Å². The van der Waals surface area contributed by atoms with Gasteiger partial charge < -0.3 is 15.2 Å². The third-order valence-corrected chi connectivity index (χ3v) is 5.24. The van der Waals surface area contributed by atoms with E-state index in [2.05, 4.69) is 9.88 Å². The van der Waals surface area contributed by atoms with E-state index >= 15 is 0 Å². The highest BCUT2D eigenvalue weighted by molar-refractivity contribution is 5.90. The Bertz CT molecular complexity index is 994. The molecule has 1 aliphatic heterocycles. The number of anilines is 1. The maximum Gasteiger partial charge on any atom is 0.162 e. The van der Waals surface area contributed by atoms with Crippen molar-refractivity contribution in [3.63, 3.8) is 0 Å². The number of methoxy groups -OCH3 is 2. The van der Waals surface area contributed by atoms with E-state index in [4.69, 9.17) is 20.2 Å². The molecule has 1 fully saturated rings. The molecule has 0 aliphatic carbocycles. The van der Waals surface area contributed by atoms with E-state index in [9.17, 15) is 4.39 Å². The summed E-state index contributed by atoms with van der Waals surface area (Å²) < 4.78 is 24.0. The monoisotopic (exact) mass is 382 g/mol. The quantitative estimate of drug-likeness (QED) is 0.725. The van der Waals surface area contributed by atoms with Crippen molar-refractivity contribution in [1.29, 1.82) is 0 Å². The lowest BCUT2D eigenvalue weighted by molar-refractivity contribution is 0.242. The Hall–Kier alpha value is -2.93. The fourth-order valence-corrected chi connectivity index (χ4v) is 3.86. The maximum absolute atomic E-state index is 13.3. The predicted molar refractivity (Wildman–Crippen MR) is 106 cm³/mol. The summed E-state index contributed by atoms with van der Waals surface area (Å²) in [7, 11) is 3.17. The number of nitrogen functional groups attached to an aromatic ring is 1. The van der Waals surface area contributed by atoms with Gasteiger partial charge in [-0.3, -0.25) is 4.90 Å². The lowest BCUT2D eigenvalue weighted by atomic mass is 10.0. The Morgan fingerprint density at radius 2 is 1.82 bits per heavy atom. The number of benzene rings is 2. The summed E-state index contributed by atoms with van der Waals surface area (Å²) in [6.07, 6.45) is 2.11. The zero-order valence-corrected chi connectivity index (χ0v) is 16.0. The molecule has 2 heterocycles. The second-order valence-corrected chi connectivity index (χ2v) is 6.93. The van der Waals surface area contributed by atoms with Gasteiger partial charge in [-0.2, -0.15) is 0 Å². The molecule has 1 aliphatic rings. The van der Waals surface area contributed by atoms with Gasteiger partial charge in [-0.25, -0.2) is 14.4 Å². The van der Waals surface area contributed by atoms with Crippen molar-refractivity contribution >= 4 is 16.7 Å². The van der Waals surface area contributed by atoms with Gasteiger partial charge in [0.15, 0.2) is 11.5 Å². The van der Waals surface area contributed by atoms with E-state index in [0.29, 0.717) is 29.7 Å². The molecule has 6 nitrogen and oxygen atoms in total. The van der Waals surface area contributed by atoms with Crippen LogP contribution in [-0.2, 0) is 6.54 Å².